The van der Waals surface area contributed by atoms with Crippen LogP contribution >= 0.6 is 0 Å². The van der Waals surface area contributed by atoms with Crippen molar-refractivity contribution < 1.29 is 13.2 Å². The minimum absolute atomic E-state index is 0.0872. The van der Waals surface area contributed by atoms with Crippen LogP contribution in [0.4, 0.5) is 0 Å². The molecule has 1 aliphatic carbocycles. The summed E-state index contributed by atoms with van der Waals surface area (Å²) in [5.74, 6) is 0.961. The van der Waals surface area contributed by atoms with Gasteiger partial charge in [0.25, 0.3) is 5.91 Å². The van der Waals surface area contributed by atoms with Crippen LogP contribution in [-0.2, 0) is 23.1 Å². The van der Waals surface area contributed by atoms with E-state index in [1.807, 2.05) is 12.1 Å². The third-order valence-corrected chi connectivity index (χ3v) is 8.46. The number of fused-ring (bicyclic) bond motifs is 1. The van der Waals surface area contributed by atoms with E-state index in [1.165, 1.54) is 28.6 Å². The average Bonchev–Trinajstić information content (AvgIpc) is 3.29. The Morgan fingerprint density at radius 1 is 1.03 bits per heavy atom. The van der Waals surface area contributed by atoms with Gasteiger partial charge in [-0.05, 0) is 65.9 Å². The average molecular weight is 488 g/mol. The minimum Gasteiger partial charge on any atom is -0.349 e. The Balaban J connectivity index is 1.34. The number of amides is 1. The van der Waals surface area contributed by atoms with Crippen molar-refractivity contribution in [1.82, 2.24) is 19.9 Å². The number of hydrogen-bond acceptors (Lipinski definition) is 6. The fourth-order valence-electron chi connectivity index (χ4n) is 4.58. The molecule has 5 rings (SSSR count). The van der Waals surface area contributed by atoms with Crippen LogP contribution in [0.25, 0.3) is 0 Å². The summed E-state index contributed by atoms with van der Waals surface area (Å²) in [4.78, 5) is 17.0. The zero-order chi connectivity index (χ0) is 24.4. The van der Waals surface area contributed by atoms with Gasteiger partial charge in [0.05, 0.1) is 28.8 Å². The molecule has 2 aromatic carbocycles. The number of sulfonamides is 1. The molecule has 1 aliphatic heterocycles. The number of piperidine rings is 1. The van der Waals surface area contributed by atoms with Gasteiger partial charge in [-0.2, -0.15) is 9.57 Å². The quantitative estimate of drug-likeness (QED) is 0.504. The van der Waals surface area contributed by atoms with Gasteiger partial charge in [0.2, 0.25) is 10.0 Å². The van der Waals surface area contributed by atoms with Crippen molar-refractivity contribution in [2.24, 2.45) is 11.8 Å². The molecule has 2 heterocycles. The number of nitrogens with zero attached hydrogens (tertiary/aromatic N) is 3. The van der Waals surface area contributed by atoms with E-state index in [1.54, 1.807) is 42.6 Å². The fraction of sp³-hybridized carbons (Fsp3) is 0.269. The number of rotatable bonds is 8. The highest BCUT2D eigenvalue weighted by Gasteiger charge is 2.53. The van der Waals surface area contributed by atoms with Crippen LogP contribution in [-0.4, -0.2) is 42.7 Å². The SMILES string of the molecule is N#Cc1ccc(S(=O)(=O)N(Cc2ccc(C(=O)N[C@H]3[C@@H]4CNC[C@@H]43)cc2)Cc2ccccn2)cc1. The van der Waals surface area contributed by atoms with Crippen molar-refractivity contribution in [3.63, 3.8) is 0 Å². The van der Waals surface area contributed by atoms with E-state index < -0.39 is 10.0 Å². The van der Waals surface area contributed by atoms with E-state index in [0.717, 1.165) is 18.7 Å². The number of hydrogen-bond donors (Lipinski definition) is 2. The Morgan fingerprint density at radius 3 is 2.37 bits per heavy atom. The third-order valence-electron chi connectivity index (χ3n) is 6.65. The van der Waals surface area contributed by atoms with Crippen LogP contribution in [0.1, 0.15) is 27.2 Å². The molecule has 0 radical (unpaired) electrons. The maximum absolute atomic E-state index is 13.5. The van der Waals surface area contributed by atoms with Gasteiger partial charge < -0.3 is 10.6 Å². The van der Waals surface area contributed by atoms with Gasteiger partial charge in [-0.3, -0.25) is 9.78 Å². The third kappa shape index (κ3) is 4.95. The second-order valence-corrected chi connectivity index (χ2v) is 10.9. The summed E-state index contributed by atoms with van der Waals surface area (Å²) in [5.41, 5.74) is 2.31. The highest BCUT2D eigenvalue weighted by atomic mass is 32.2. The van der Waals surface area contributed by atoms with Crippen molar-refractivity contribution in [1.29, 1.82) is 5.26 Å². The first-order chi connectivity index (χ1) is 17.0. The molecule has 0 bridgehead atoms. The molecule has 0 unspecified atom stereocenters. The predicted octanol–water partition coefficient (Wildman–Crippen LogP) is 2.29. The fourth-order valence-corrected chi connectivity index (χ4v) is 5.98. The maximum atomic E-state index is 13.5. The largest absolute Gasteiger partial charge is 0.349 e. The topological polar surface area (TPSA) is 115 Å². The van der Waals surface area contributed by atoms with Crippen LogP contribution < -0.4 is 10.6 Å². The van der Waals surface area contributed by atoms with E-state index in [-0.39, 0.29) is 29.9 Å². The first kappa shape index (κ1) is 23.2. The number of carbonyl (C=O) groups excluding carboxylic acids is 1. The van der Waals surface area contributed by atoms with Crippen molar-refractivity contribution in [3.05, 3.63) is 95.3 Å². The van der Waals surface area contributed by atoms with Crippen molar-refractivity contribution in [2.45, 2.75) is 24.0 Å². The molecule has 2 aliphatic rings. The van der Waals surface area contributed by atoms with Gasteiger partial charge in [0, 0.05) is 37.4 Å². The van der Waals surface area contributed by atoms with E-state index in [4.69, 9.17) is 5.26 Å². The van der Waals surface area contributed by atoms with Crippen molar-refractivity contribution in [3.8, 4) is 6.07 Å². The molecule has 0 spiro atoms. The van der Waals surface area contributed by atoms with Gasteiger partial charge in [0.1, 0.15) is 0 Å². The lowest BCUT2D eigenvalue weighted by molar-refractivity contribution is 0.0946. The molecule has 3 atom stereocenters. The zero-order valence-corrected chi connectivity index (χ0v) is 19.8. The lowest BCUT2D eigenvalue weighted by Crippen LogP contribution is -2.32. The Hall–Kier alpha value is -3.58. The van der Waals surface area contributed by atoms with Gasteiger partial charge in [-0.25, -0.2) is 8.42 Å². The van der Waals surface area contributed by atoms with Gasteiger partial charge in [-0.15, -0.1) is 0 Å². The van der Waals surface area contributed by atoms with Crippen LogP contribution in [0.15, 0.2) is 77.8 Å². The van der Waals surface area contributed by atoms with Gasteiger partial charge in [0.15, 0.2) is 0 Å². The Kier molecular flexibility index (Phi) is 6.34. The summed E-state index contributed by atoms with van der Waals surface area (Å²) < 4.78 is 28.3. The number of pyridine rings is 1. The maximum Gasteiger partial charge on any atom is 0.251 e. The lowest BCUT2D eigenvalue weighted by Gasteiger charge is -2.22. The summed E-state index contributed by atoms with van der Waals surface area (Å²) in [7, 11) is -3.87. The monoisotopic (exact) mass is 487 g/mol. The smallest absolute Gasteiger partial charge is 0.251 e. The summed E-state index contributed by atoms with van der Waals surface area (Å²) >= 11 is 0. The Bertz CT molecular complexity index is 1340. The van der Waals surface area contributed by atoms with E-state index >= 15 is 0 Å². The normalized spacial score (nSPS) is 20.7. The van der Waals surface area contributed by atoms with Crippen molar-refractivity contribution >= 4 is 15.9 Å². The molecular formula is C26H25N5O3S. The van der Waals surface area contributed by atoms with Crippen LogP contribution in [0.2, 0.25) is 0 Å². The molecule has 1 saturated heterocycles. The molecule has 2 N–H and O–H groups in total. The number of benzene rings is 2. The second kappa shape index (κ2) is 9.58. The summed E-state index contributed by atoms with van der Waals surface area (Å²) in [6.07, 6.45) is 1.62. The molecule has 35 heavy (non-hydrogen) atoms. The van der Waals surface area contributed by atoms with E-state index in [9.17, 15) is 13.2 Å². The number of carbonyl (C=O) groups is 1. The lowest BCUT2D eigenvalue weighted by atomic mass is 10.1. The number of aromatic nitrogens is 1. The van der Waals surface area contributed by atoms with Crippen molar-refractivity contribution in [2.75, 3.05) is 13.1 Å². The molecule has 2 fully saturated rings. The number of nitrogens with one attached hydrogen (secondary N) is 2. The minimum atomic E-state index is -3.87. The Morgan fingerprint density at radius 2 is 1.74 bits per heavy atom. The standard InChI is InChI=1S/C26H25N5O3S/c27-13-18-6-10-22(11-7-18)35(33,34)31(17-21-3-1-2-12-29-21)16-19-4-8-20(9-5-19)26(32)30-25-23-14-28-15-24(23)25/h1-12,23-25,28H,14-17H2,(H,30,32)/t23-,24+,25+. The molecule has 1 amide bonds. The molecule has 178 valence electrons. The highest BCUT2D eigenvalue weighted by Crippen LogP contribution is 2.41. The van der Waals surface area contributed by atoms with Crippen LogP contribution in [0.3, 0.4) is 0 Å². The van der Waals surface area contributed by atoms with E-state index in [0.29, 0.717) is 28.7 Å². The summed E-state index contributed by atoms with van der Waals surface area (Å²) in [6, 6.07) is 20.5. The molecule has 1 saturated carbocycles. The molecule has 3 aromatic rings. The van der Waals surface area contributed by atoms with Crippen LogP contribution in [0, 0.1) is 23.2 Å². The van der Waals surface area contributed by atoms with Gasteiger partial charge in [-0.1, -0.05) is 18.2 Å². The van der Waals surface area contributed by atoms with Crippen LogP contribution in [0.5, 0.6) is 0 Å². The first-order valence-electron chi connectivity index (χ1n) is 11.5. The molecule has 9 heteroatoms. The predicted molar refractivity (Wildman–Crippen MR) is 129 cm³/mol. The summed E-state index contributed by atoms with van der Waals surface area (Å²) in [5, 5.41) is 15.5. The zero-order valence-electron chi connectivity index (χ0n) is 19.0. The van der Waals surface area contributed by atoms with E-state index in [2.05, 4.69) is 15.6 Å². The Labute approximate surface area is 204 Å². The molecule has 8 nitrogen and oxygen atoms in total. The first-order valence-corrected chi connectivity index (χ1v) is 12.9. The number of nitriles is 1. The molecule has 1 aromatic heterocycles. The highest BCUT2D eigenvalue weighted by molar-refractivity contribution is 7.89. The van der Waals surface area contributed by atoms with Gasteiger partial charge >= 0.3 is 0 Å². The molecular weight excluding hydrogens is 462 g/mol. The second-order valence-electron chi connectivity index (χ2n) is 8.91. The summed E-state index contributed by atoms with van der Waals surface area (Å²) in [6.45, 7) is 2.10.